The topological polar surface area (TPSA) is 76.5 Å². The summed E-state index contributed by atoms with van der Waals surface area (Å²) in [5, 5.41) is 5.48. The first kappa shape index (κ1) is 15.3. The maximum atomic E-state index is 12.2. The Morgan fingerprint density at radius 2 is 2.22 bits per heavy atom. The molecule has 1 aliphatic heterocycles. The number of rotatable bonds is 3. The number of fused-ring (bicyclic) bond motifs is 1. The Bertz CT molecular complexity index is 819. The van der Waals surface area contributed by atoms with Crippen LogP contribution in [0.25, 0.3) is 10.9 Å². The van der Waals surface area contributed by atoms with Crippen molar-refractivity contribution in [2.75, 3.05) is 7.05 Å². The van der Waals surface area contributed by atoms with E-state index in [0.29, 0.717) is 13.0 Å². The van der Waals surface area contributed by atoms with Crippen LogP contribution in [0.2, 0.25) is 0 Å². The maximum Gasteiger partial charge on any atom is 0.231 e. The molecule has 3 rings (SSSR count). The van der Waals surface area contributed by atoms with E-state index in [1.165, 1.54) is 4.90 Å². The molecule has 2 heterocycles. The fraction of sp³-hybridized carbons (Fsp3) is 0.353. The molecule has 2 aromatic rings. The van der Waals surface area contributed by atoms with Gasteiger partial charge in [0.2, 0.25) is 5.91 Å². The van der Waals surface area contributed by atoms with Crippen LogP contribution in [0.15, 0.2) is 41.5 Å². The first-order valence-electron chi connectivity index (χ1n) is 7.64. The van der Waals surface area contributed by atoms with Gasteiger partial charge in [-0.05, 0) is 25.5 Å². The number of carbonyl (C=O) groups excluding carboxylic acids is 1. The number of aromatic nitrogens is 2. The number of carbonyl (C=O) groups is 1. The summed E-state index contributed by atoms with van der Waals surface area (Å²) in [5.41, 5.74) is 7.26. The van der Waals surface area contributed by atoms with E-state index in [9.17, 15) is 4.79 Å². The second-order valence-corrected chi connectivity index (χ2v) is 6.04. The second-order valence-electron chi connectivity index (χ2n) is 6.04. The molecule has 0 radical (unpaired) electrons. The lowest BCUT2D eigenvalue weighted by atomic mass is 9.87. The molecule has 0 aliphatic carbocycles. The number of nitrogens with zero attached hydrogens (tertiary/aromatic N) is 4. The molecule has 0 bridgehead atoms. The largest absolute Gasteiger partial charge is 0.369 e. The van der Waals surface area contributed by atoms with Crippen LogP contribution in [0.5, 0.6) is 0 Å². The van der Waals surface area contributed by atoms with Gasteiger partial charge in [-0.1, -0.05) is 24.3 Å². The zero-order chi connectivity index (χ0) is 16.6. The van der Waals surface area contributed by atoms with Crippen molar-refractivity contribution < 1.29 is 4.79 Å². The summed E-state index contributed by atoms with van der Waals surface area (Å²) >= 11 is 0. The minimum absolute atomic E-state index is 0.0254. The normalized spacial score (nSPS) is 22.1. The summed E-state index contributed by atoms with van der Waals surface area (Å²) in [4.78, 5) is 18.1. The van der Waals surface area contributed by atoms with Gasteiger partial charge in [-0.3, -0.25) is 14.4 Å². The highest BCUT2D eigenvalue weighted by Gasteiger charge is 2.36. The minimum Gasteiger partial charge on any atom is -0.369 e. The fourth-order valence-electron chi connectivity index (χ4n) is 2.83. The van der Waals surface area contributed by atoms with Crippen molar-refractivity contribution in [1.29, 1.82) is 0 Å². The summed E-state index contributed by atoms with van der Waals surface area (Å²) in [6.45, 7) is 4.64. The lowest BCUT2D eigenvalue weighted by Crippen LogP contribution is -2.47. The Morgan fingerprint density at radius 3 is 2.91 bits per heavy atom. The molecule has 1 amide bonds. The van der Waals surface area contributed by atoms with E-state index in [-0.39, 0.29) is 11.9 Å². The van der Waals surface area contributed by atoms with Crippen molar-refractivity contribution in [3.8, 4) is 0 Å². The highest BCUT2D eigenvalue weighted by atomic mass is 16.2. The third-order valence-electron chi connectivity index (χ3n) is 4.36. The maximum absolute atomic E-state index is 12.2. The van der Waals surface area contributed by atoms with Crippen molar-refractivity contribution >= 4 is 22.8 Å². The molecule has 0 saturated heterocycles. The van der Waals surface area contributed by atoms with E-state index < -0.39 is 5.54 Å². The van der Waals surface area contributed by atoms with Crippen LogP contribution in [-0.4, -0.2) is 33.6 Å². The van der Waals surface area contributed by atoms with Gasteiger partial charge in [0, 0.05) is 12.4 Å². The van der Waals surface area contributed by atoms with Gasteiger partial charge in [0.1, 0.15) is 0 Å². The molecule has 1 atom stereocenters. The Morgan fingerprint density at radius 1 is 1.43 bits per heavy atom. The van der Waals surface area contributed by atoms with E-state index >= 15 is 0 Å². The van der Waals surface area contributed by atoms with Crippen molar-refractivity contribution in [2.45, 2.75) is 32.4 Å². The number of amides is 1. The van der Waals surface area contributed by atoms with Gasteiger partial charge < -0.3 is 5.73 Å². The fourth-order valence-corrected chi connectivity index (χ4v) is 2.83. The quantitative estimate of drug-likeness (QED) is 0.881. The Balaban J connectivity index is 2.07. The number of allylic oxidation sites excluding steroid dienone is 2. The van der Waals surface area contributed by atoms with E-state index in [1.54, 1.807) is 7.05 Å². The van der Waals surface area contributed by atoms with Gasteiger partial charge in [0.05, 0.1) is 30.2 Å². The van der Waals surface area contributed by atoms with Gasteiger partial charge >= 0.3 is 0 Å². The SMILES string of the molecule is CC=CCn1ncc2ccc([C@]3(C)CC(=O)N(C)C(N)=N3)cc21. The average molecular weight is 311 g/mol. The predicted octanol–water partition coefficient (Wildman–Crippen LogP) is 2.00. The summed E-state index contributed by atoms with van der Waals surface area (Å²) in [7, 11) is 1.65. The molecule has 1 aromatic heterocycles. The Labute approximate surface area is 135 Å². The van der Waals surface area contributed by atoms with Gasteiger partial charge in [0.15, 0.2) is 5.96 Å². The smallest absolute Gasteiger partial charge is 0.231 e. The first-order valence-corrected chi connectivity index (χ1v) is 7.64. The number of hydrogen-bond donors (Lipinski definition) is 1. The zero-order valence-corrected chi connectivity index (χ0v) is 13.7. The molecule has 23 heavy (non-hydrogen) atoms. The van der Waals surface area contributed by atoms with Crippen LogP contribution < -0.4 is 5.73 Å². The van der Waals surface area contributed by atoms with Crippen LogP contribution in [0.3, 0.4) is 0 Å². The van der Waals surface area contributed by atoms with E-state index in [0.717, 1.165) is 16.5 Å². The zero-order valence-electron chi connectivity index (χ0n) is 13.7. The third kappa shape index (κ3) is 2.60. The van der Waals surface area contributed by atoms with E-state index in [2.05, 4.69) is 22.2 Å². The van der Waals surface area contributed by atoms with Crippen LogP contribution in [0.4, 0.5) is 0 Å². The standard InChI is InChI=1S/C17H21N5O/c1-4-5-8-22-14-9-13(7-6-12(14)11-19-22)17(2)10-15(23)21(3)16(18)20-17/h4-7,9,11H,8,10H2,1-3H3,(H2,18,20)/t17-/m0/s1. The van der Waals surface area contributed by atoms with Crippen molar-refractivity contribution in [2.24, 2.45) is 10.7 Å². The van der Waals surface area contributed by atoms with Gasteiger partial charge in [-0.15, -0.1) is 0 Å². The van der Waals surface area contributed by atoms with Crippen LogP contribution in [-0.2, 0) is 16.9 Å². The highest BCUT2D eigenvalue weighted by Crippen LogP contribution is 2.34. The molecule has 0 saturated carbocycles. The third-order valence-corrected chi connectivity index (χ3v) is 4.36. The Hall–Kier alpha value is -2.63. The molecular formula is C17H21N5O. The molecule has 0 fully saturated rings. The molecule has 0 unspecified atom stereocenters. The van der Waals surface area contributed by atoms with Crippen LogP contribution in [0, 0.1) is 0 Å². The summed E-state index contributed by atoms with van der Waals surface area (Å²) in [6.07, 6.45) is 6.20. The molecule has 6 nitrogen and oxygen atoms in total. The molecule has 1 aliphatic rings. The minimum atomic E-state index is -0.641. The molecular weight excluding hydrogens is 290 g/mol. The van der Waals surface area contributed by atoms with Crippen molar-refractivity contribution in [3.05, 3.63) is 42.1 Å². The van der Waals surface area contributed by atoms with Crippen molar-refractivity contribution in [3.63, 3.8) is 0 Å². The summed E-state index contributed by atoms with van der Waals surface area (Å²) in [6, 6.07) is 6.07. The monoisotopic (exact) mass is 311 g/mol. The van der Waals surface area contributed by atoms with Gasteiger partial charge in [-0.2, -0.15) is 5.10 Å². The van der Waals surface area contributed by atoms with E-state index in [4.69, 9.17) is 5.73 Å². The highest BCUT2D eigenvalue weighted by molar-refractivity contribution is 5.98. The average Bonchev–Trinajstić information content (AvgIpc) is 2.93. The van der Waals surface area contributed by atoms with E-state index in [1.807, 2.05) is 42.9 Å². The number of benzene rings is 1. The second kappa shape index (κ2) is 5.53. The number of hydrogen-bond acceptors (Lipinski definition) is 4. The van der Waals surface area contributed by atoms with Gasteiger partial charge in [-0.25, -0.2) is 4.99 Å². The lowest BCUT2D eigenvalue weighted by Gasteiger charge is -2.33. The summed E-state index contributed by atoms with van der Waals surface area (Å²) < 4.78 is 1.94. The van der Waals surface area contributed by atoms with Crippen molar-refractivity contribution in [1.82, 2.24) is 14.7 Å². The molecule has 0 spiro atoms. The molecule has 120 valence electrons. The first-order chi connectivity index (χ1) is 10.9. The predicted molar refractivity (Wildman–Crippen MR) is 90.9 cm³/mol. The Kier molecular flexibility index (Phi) is 3.67. The summed E-state index contributed by atoms with van der Waals surface area (Å²) in [5.74, 6) is 0.230. The lowest BCUT2D eigenvalue weighted by molar-refractivity contribution is -0.128. The number of guanidine groups is 1. The van der Waals surface area contributed by atoms with Gasteiger partial charge in [0.25, 0.3) is 0 Å². The molecule has 6 heteroatoms. The number of aliphatic imine (C=N–C) groups is 1. The molecule has 1 aromatic carbocycles. The number of nitrogens with two attached hydrogens (primary N) is 1. The molecule has 2 N–H and O–H groups in total. The van der Waals surface area contributed by atoms with Crippen LogP contribution in [0.1, 0.15) is 25.8 Å². The van der Waals surface area contributed by atoms with Crippen LogP contribution >= 0.6 is 0 Å².